The summed E-state index contributed by atoms with van der Waals surface area (Å²) >= 11 is 0. The first-order valence-electron chi connectivity index (χ1n) is 6.47. The van der Waals surface area contributed by atoms with Gasteiger partial charge in [-0.05, 0) is 25.1 Å². The second-order valence-electron chi connectivity index (χ2n) is 4.64. The largest absolute Gasteiger partial charge is 0.388 e. The normalized spacial score (nSPS) is 10.7. The van der Waals surface area contributed by atoms with E-state index in [2.05, 4.69) is 16.3 Å². The molecule has 0 unspecified atom stereocenters. The molecular formula is C16H15N3O. The minimum atomic E-state index is -0.145. The fourth-order valence-corrected chi connectivity index (χ4v) is 2.24. The lowest BCUT2D eigenvalue weighted by Crippen LogP contribution is -2.03. The van der Waals surface area contributed by atoms with Gasteiger partial charge in [0.05, 0.1) is 0 Å². The first-order valence-corrected chi connectivity index (χ1v) is 6.47. The van der Waals surface area contributed by atoms with Crippen LogP contribution in [0.1, 0.15) is 11.4 Å². The van der Waals surface area contributed by atoms with Crippen LogP contribution in [0.5, 0.6) is 0 Å². The predicted octanol–water partition coefficient (Wildman–Crippen LogP) is 2.74. The third kappa shape index (κ3) is 2.21. The van der Waals surface area contributed by atoms with Crippen molar-refractivity contribution >= 4 is 0 Å². The zero-order valence-corrected chi connectivity index (χ0v) is 11.2. The van der Waals surface area contributed by atoms with Crippen LogP contribution in [-0.4, -0.2) is 19.9 Å². The molecule has 100 valence electrons. The lowest BCUT2D eigenvalue weighted by Gasteiger charge is -2.09. The number of benzene rings is 2. The Hall–Kier alpha value is -2.46. The Kier molecular flexibility index (Phi) is 3.31. The van der Waals surface area contributed by atoms with Crippen molar-refractivity contribution in [2.24, 2.45) is 0 Å². The van der Waals surface area contributed by atoms with Crippen molar-refractivity contribution in [3.05, 3.63) is 66.0 Å². The molecule has 0 radical (unpaired) electrons. The van der Waals surface area contributed by atoms with E-state index in [1.54, 1.807) is 0 Å². The average molecular weight is 265 g/mol. The minimum Gasteiger partial charge on any atom is -0.388 e. The molecule has 20 heavy (non-hydrogen) atoms. The summed E-state index contributed by atoms with van der Waals surface area (Å²) in [6, 6.07) is 17.9. The van der Waals surface area contributed by atoms with Crippen LogP contribution in [0.3, 0.4) is 0 Å². The van der Waals surface area contributed by atoms with Crippen LogP contribution < -0.4 is 0 Å². The van der Waals surface area contributed by atoms with Crippen molar-refractivity contribution in [1.29, 1.82) is 0 Å². The van der Waals surface area contributed by atoms with Gasteiger partial charge in [0.25, 0.3) is 0 Å². The Labute approximate surface area is 117 Å². The van der Waals surface area contributed by atoms with E-state index in [4.69, 9.17) is 0 Å². The number of aryl methyl sites for hydroxylation is 1. The van der Waals surface area contributed by atoms with E-state index in [0.717, 1.165) is 22.6 Å². The van der Waals surface area contributed by atoms with Gasteiger partial charge in [-0.25, -0.2) is 0 Å². The van der Waals surface area contributed by atoms with Gasteiger partial charge in [-0.15, -0.1) is 10.2 Å². The average Bonchev–Trinajstić information content (AvgIpc) is 2.92. The number of hydrogen-bond acceptors (Lipinski definition) is 3. The van der Waals surface area contributed by atoms with Crippen LogP contribution in [0, 0.1) is 6.92 Å². The molecule has 0 aliphatic carbocycles. The van der Waals surface area contributed by atoms with E-state index in [0.29, 0.717) is 5.82 Å². The van der Waals surface area contributed by atoms with Gasteiger partial charge in [0.2, 0.25) is 0 Å². The second kappa shape index (κ2) is 5.27. The van der Waals surface area contributed by atoms with Gasteiger partial charge in [0.1, 0.15) is 6.61 Å². The molecule has 0 bridgehead atoms. The van der Waals surface area contributed by atoms with Gasteiger partial charge in [-0.3, -0.25) is 4.57 Å². The third-order valence-electron chi connectivity index (χ3n) is 3.16. The van der Waals surface area contributed by atoms with Crippen LogP contribution >= 0.6 is 0 Å². The topological polar surface area (TPSA) is 50.9 Å². The van der Waals surface area contributed by atoms with Crippen molar-refractivity contribution in [2.75, 3.05) is 0 Å². The molecule has 3 rings (SSSR count). The Balaban J connectivity index is 2.20. The number of aliphatic hydroxyl groups is 1. The van der Waals surface area contributed by atoms with Gasteiger partial charge in [0.15, 0.2) is 11.6 Å². The summed E-state index contributed by atoms with van der Waals surface area (Å²) in [6.07, 6.45) is 0. The van der Waals surface area contributed by atoms with Crippen LogP contribution in [0.2, 0.25) is 0 Å². The Bertz CT molecular complexity index is 720. The molecular weight excluding hydrogens is 250 g/mol. The molecule has 0 atom stereocenters. The van der Waals surface area contributed by atoms with Gasteiger partial charge >= 0.3 is 0 Å². The number of nitrogens with zero attached hydrogens (tertiary/aromatic N) is 3. The first kappa shape index (κ1) is 12.6. The van der Waals surface area contributed by atoms with E-state index in [1.165, 1.54) is 0 Å². The molecule has 0 fully saturated rings. The number of aliphatic hydroxyl groups excluding tert-OH is 1. The third-order valence-corrected chi connectivity index (χ3v) is 3.16. The molecule has 2 aromatic carbocycles. The standard InChI is InChI=1S/C16H15N3O/c1-12-6-5-7-13(10-12)16-18-17-15(11-20)19(16)14-8-3-2-4-9-14/h2-10,20H,11H2,1H3. The maximum atomic E-state index is 9.47. The number of aromatic nitrogens is 3. The highest BCUT2D eigenvalue weighted by molar-refractivity contribution is 5.59. The molecule has 0 saturated heterocycles. The fraction of sp³-hybridized carbons (Fsp3) is 0.125. The van der Waals surface area contributed by atoms with Crippen molar-refractivity contribution in [2.45, 2.75) is 13.5 Å². The monoisotopic (exact) mass is 265 g/mol. The van der Waals surface area contributed by atoms with Crippen molar-refractivity contribution in [1.82, 2.24) is 14.8 Å². The summed E-state index contributed by atoms with van der Waals surface area (Å²) < 4.78 is 1.88. The molecule has 3 aromatic rings. The van der Waals surface area contributed by atoms with Crippen LogP contribution in [0.25, 0.3) is 17.1 Å². The molecule has 0 amide bonds. The highest BCUT2D eigenvalue weighted by atomic mass is 16.3. The first-order chi connectivity index (χ1) is 9.79. The molecule has 0 aliphatic rings. The van der Waals surface area contributed by atoms with Gasteiger partial charge < -0.3 is 5.11 Å². The number of para-hydroxylation sites is 1. The summed E-state index contributed by atoms with van der Waals surface area (Å²) in [5.41, 5.74) is 3.09. The van der Waals surface area contributed by atoms with E-state index in [-0.39, 0.29) is 6.61 Å². The molecule has 4 nitrogen and oxygen atoms in total. The molecule has 0 spiro atoms. The summed E-state index contributed by atoms with van der Waals surface area (Å²) in [5, 5.41) is 17.8. The van der Waals surface area contributed by atoms with Gasteiger partial charge in [-0.2, -0.15) is 0 Å². The van der Waals surface area contributed by atoms with E-state index >= 15 is 0 Å². The Morgan fingerprint density at radius 2 is 1.80 bits per heavy atom. The van der Waals surface area contributed by atoms with Gasteiger partial charge in [0, 0.05) is 11.3 Å². The predicted molar refractivity (Wildman–Crippen MR) is 77.5 cm³/mol. The Morgan fingerprint density at radius 1 is 1.00 bits per heavy atom. The summed E-state index contributed by atoms with van der Waals surface area (Å²) in [6.45, 7) is 1.90. The summed E-state index contributed by atoms with van der Waals surface area (Å²) in [7, 11) is 0. The molecule has 1 aromatic heterocycles. The fourth-order valence-electron chi connectivity index (χ4n) is 2.24. The van der Waals surface area contributed by atoms with Crippen molar-refractivity contribution in [3.63, 3.8) is 0 Å². The minimum absolute atomic E-state index is 0.145. The SMILES string of the molecule is Cc1cccc(-c2nnc(CO)n2-c2ccccc2)c1. The maximum Gasteiger partial charge on any atom is 0.168 e. The van der Waals surface area contributed by atoms with E-state index in [9.17, 15) is 5.11 Å². The molecule has 4 heteroatoms. The number of rotatable bonds is 3. The zero-order valence-electron chi connectivity index (χ0n) is 11.2. The Morgan fingerprint density at radius 3 is 2.50 bits per heavy atom. The van der Waals surface area contributed by atoms with Gasteiger partial charge in [-0.1, -0.05) is 42.0 Å². The van der Waals surface area contributed by atoms with Crippen molar-refractivity contribution < 1.29 is 5.11 Å². The highest BCUT2D eigenvalue weighted by Crippen LogP contribution is 2.23. The summed E-state index contributed by atoms with van der Waals surface area (Å²) in [5.74, 6) is 1.27. The lowest BCUT2D eigenvalue weighted by molar-refractivity contribution is 0.269. The second-order valence-corrected chi connectivity index (χ2v) is 4.64. The quantitative estimate of drug-likeness (QED) is 0.792. The maximum absolute atomic E-state index is 9.47. The smallest absolute Gasteiger partial charge is 0.168 e. The molecule has 0 aliphatic heterocycles. The molecule has 1 heterocycles. The molecule has 0 saturated carbocycles. The lowest BCUT2D eigenvalue weighted by atomic mass is 10.1. The summed E-state index contributed by atoms with van der Waals surface area (Å²) in [4.78, 5) is 0. The highest BCUT2D eigenvalue weighted by Gasteiger charge is 2.14. The van der Waals surface area contributed by atoms with Crippen molar-refractivity contribution in [3.8, 4) is 17.1 Å². The van der Waals surface area contributed by atoms with E-state index in [1.807, 2.05) is 60.0 Å². The van der Waals surface area contributed by atoms with Crippen LogP contribution in [-0.2, 0) is 6.61 Å². The zero-order chi connectivity index (χ0) is 13.9. The van der Waals surface area contributed by atoms with Crippen LogP contribution in [0.15, 0.2) is 54.6 Å². The van der Waals surface area contributed by atoms with E-state index < -0.39 is 0 Å². The molecule has 1 N–H and O–H groups in total. The number of hydrogen-bond donors (Lipinski definition) is 1. The van der Waals surface area contributed by atoms with Crippen LogP contribution in [0.4, 0.5) is 0 Å².